The van der Waals surface area contributed by atoms with Crippen LogP contribution in [0.25, 0.3) is 0 Å². The highest BCUT2D eigenvalue weighted by Gasteiger charge is 2.33. The third-order valence-electron chi connectivity index (χ3n) is 7.05. The molecule has 17 heteroatoms. The zero-order valence-corrected chi connectivity index (χ0v) is 24.8. The first-order valence-electron chi connectivity index (χ1n) is 13.4. The number of carboxylic acids is 6. The predicted molar refractivity (Wildman–Crippen MR) is 149 cm³/mol. The van der Waals surface area contributed by atoms with Crippen LogP contribution in [0.3, 0.4) is 0 Å². The van der Waals surface area contributed by atoms with Crippen LogP contribution in [0.1, 0.15) is 49.9 Å². The molecular weight excluding hydrogens is 640 g/mol. The Morgan fingerprint density at radius 3 is 1.21 bits per heavy atom. The van der Waals surface area contributed by atoms with E-state index in [1.165, 1.54) is 14.7 Å². The maximum Gasteiger partial charge on any atom is 0.320 e. The van der Waals surface area contributed by atoms with Gasteiger partial charge in [0.15, 0.2) is 0 Å². The molecular formula is C26H35BrN4O12. The Morgan fingerprint density at radius 2 is 0.907 bits per heavy atom. The van der Waals surface area contributed by atoms with Crippen LogP contribution in [0.2, 0.25) is 0 Å². The summed E-state index contributed by atoms with van der Waals surface area (Å²) in [5.74, 6) is -7.52. The summed E-state index contributed by atoms with van der Waals surface area (Å²) in [4.78, 5) is 79.4. The lowest BCUT2D eigenvalue weighted by Crippen LogP contribution is -2.52. The summed E-state index contributed by atoms with van der Waals surface area (Å²) in [6.45, 7) is -0.475. The molecule has 2 heterocycles. The molecule has 16 nitrogen and oxygen atoms in total. The molecule has 0 amide bonds. The SMILES string of the molecule is O=C(O)CCC(C(=O)O)N1CCN(C(CCC(=O)O)C(=O)O)Cc2cc(Br)cc(n2)CN(C(CCC(=O)O)C(=O)O)CC1. The van der Waals surface area contributed by atoms with Crippen molar-refractivity contribution in [1.29, 1.82) is 0 Å². The molecule has 1 aromatic rings. The Bertz CT molecular complexity index is 1130. The van der Waals surface area contributed by atoms with Crippen LogP contribution in [0.5, 0.6) is 0 Å². The average molecular weight is 675 g/mol. The zero-order chi connectivity index (χ0) is 32.3. The second kappa shape index (κ2) is 16.8. The summed E-state index contributed by atoms with van der Waals surface area (Å²) in [7, 11) is 0. The van der Waals surface area contributed by atoms with E-state index < -0.39 is 73.2 Å². The van der Waals surface area contributed by atoms with Crippen molar-refractivity contribution in [3.8, 4) is 0 Å². The van der Waals surface area contributed by atoms with E-state index in [4.69, 9.17) is 10.2 Å². The zero-order valence-electron chi connectivity index (χ0n) is 23.2. The molecule has 0 radical (unpaired) electrons. The molecule has 0 aromatic carbocycles. The maximum absolute atomic E-state index is 12.3. The minimum Gasteiger partial charge on any atom is -0.481 e. The highest BCUT2D eigenvalue weighted by molar-refractivity contribution is 9.10. The molecule has 0 spiro atoms. The lowest BCUT2D eigenvalue weighted by molar-refractivity contribution is -0.148. The van der Waals surface area contributed by atoms with E-state index >= 15 is 0 Å². The minimum absolute atomic E-state index is 0.0711. The third-order valence-corrected chi connectivity index (χ3v) is 7.51. The van der Waals surface area contributed by atoms with Gasteiger partial charge in [-0.15, -0.1) is 0 Å². The quantitative estimate of drug-likeness (QED) is 0.150. The number of aromatic nitrogens is 1. The monoisotopic (exact) mass is 674 g/mol. The van der Waals surface area contributed by atoms with Crippen LogP contribution < -0.4 is 0 Å². The van der Waals surface area contributed by atoms with Gasteiger partial charge in [0.1, 0.15) is 18.1 Å². The van der Waals surface area contributed by atoms with Crippen molar-refractivity contribution in [3.63, 3.8) is 0 Å². The smallest absolute Gasteiger partial charge is 0.320 e. The molecule has 3 unspecified atom stereocenters. The van der Waals surface area contributed by atoms with Gasteiger partial charge in [-0.1, -0.05) is 15.9 Å². The number of pyridine rings is 1. The molecule has 1 aromatic heterocycles. The van der Waals surface area contributed by atoms with Gasteiger partial charge in [0.05, 0.1) is 11.4 Å². The molecule has 2 bridgehead atoms. The summed E-state index contributed by atoms with van der Waals surface area (Å²) in [5, 5.41) is 57.4. The number of halogens is 1. The Kier molecular flexibility index (Phi) is 13.9. The van der Waals surface area contributed by atoms with E-state index in [2.05, 4.69) is 20.9 Å². The highest BCUT2D eigenvalue weighted by Crippen LogP contribution is 2.22. The summed E-state index contributed by atoms with van der Waals surface area (Å²) >= 11 is 3.39. The van der Waals surface area contributed by atoms with Gasteiger partial charge in [0.25, 0.3) is 0 Å². The fraction of sp³-hybridized carbons (Fsp3) is 0.577. The van der Waals surface area contributed by atoms with E-state index in [0.717, 1.165) is 0 Å². The van der Waals surface area contributed by atoms with Crippen molar-refractivity contribution in [2.24, 2.45) is 0 Å². The van der Waals surface area contributed by atoms with Crippen LogP contribution in [0, 0.1) is 0 Å². The Morgan fingerprint density at radius 1 is 0.605 bits per heavy atom. The van der Waals surface area contributed by atoms with Gasteiger partial charge in [-0.25, -0.2) is 0 Å². The lowest BCUT2D eigenvalue weighted by Gasteiger charge is -2.36. The third kappa shape index (κ3) is 11.9. The number of nitrogens with zero attached hydrogens (tertiary/aromatic N) is 4. The van der Waals surface area contributed by atoms with Gasteiger partial charge >= 0.3 is 35.8 Å². The van der Waals surface area contributed by atoms with Crippen molar-refractivity contribution in [2.75, 3.05) is 26.2 Å². The molecule has 0 aliphatic carbocycles. The molecule has 43 heavy (non-hydrogen) atoms. The molecule has 6 N–H and O–H groups in total. The van der Waals surface area contributed by atoms with Crippen LogP contribution in [-0.4, -0.2) is 130 Å². The van der Waals surface area contributed by atoms with Crippen molar-refractivity contribution in [1.82, 2.24) is 19.7 Å². The normalized spacial score (nSPS) is 17.5. The fourth-order valence-corrected chi connectivity index (χ4v) is 5.51. The van der Waals surface area contributed by atoms with E-state index in [1.807, 2.05) is 0 Å². The first kappa shape index (κ1) is 35.5. The molecule has 238 valence electrons. The number of carbonyl (C=O) groups is 6. The largest absolute Gasteiger partial charge is 0.481 e. The minimum atomic E-state index is -1.33. The van der Waals surface area contributed by atoms with E-state index in [-0.39, 0.29) is 58.5 Å². The van der Waals surface area contributed by atoms with Crippen LogP contribution >= 0.6 is 15.9 Å². The second-order valence-electron chi connectivity index (χ2n) is 10.1. The standard InChI is InChI=1S/C26H35BrN4O12/c27-15-11-16-13-30(19(25(40)41)2-5-22(34)35)9-7-29(18(24(38)39)1-4-21(32)33)8-10-31(14-17(12-15)28-16)20(26(42)43)3-6-23(36)37/h11-12,18-20H,1-10,13-14H2,(H,32,33)(H,34,35)(H,36,37)(H,38,39)(H,40,41)(H,42,43). The number of hydrogen-bond donors (Lipinski definition) is 6. The van der Waals surface area contributed by atoms with Crippen LogP contribution in [-0.2, 0) is 41.9 Å². The number of carboxylic acid groups (broad SMARTS) is 6. The molecule has 0 fully saturated rings. The number of hydrogen-bond acceptors (Lipinski definition) is 10. The van der Waals surface area contributed by atoms with Crippen LogP contribution in [0.15, 0.2) is 16.6 Å². The molecule has 1 aliphatic rings. The Balaban J connectivity index is 2.60. The maximum atomic E-state index is 12.3. The Hall–Kier alpha value is -3.67. The van der Waals surface area contributed by atoms with E-state index in [9.17, 15) is 49.2 Å². The molecule has 2 rings (SSSR count). The van der Waals surface area contributed by atoms with E-state index in [1.54, 1.807) is 12.1 Å². The first-order valence-corrected chi connectivity index (χ1v) is 14.2. The molecule has 0 saturated heterocycles. The number of rotatable bonds is 15. The summed E-state index contributed by atoms with van der Waals surface area (Å²) in [5.41, 5.74) is 0.743. The summed E-state index contributed by atoms with van der Waals surface area (Å²) in [6.07, 6.45) is -2.13. The first-order chi connectivity index (χ1) is 20.2. The predicted octanol–water partition coefficient (Wildman–Crippen LogP) is 0.718. The summed E-state index contributed by atoms with van der Waals surface area (Å²) in [6, 6.07) is -0.621. The van der Waals surface area contributed by atoms with Gasteiger partial charge in [-0.2, -0.15) is 0 Å². The molecule has 1 aliphatic heterocycles. The number of aliphatic carboxylic acids is 6. The van der Waals surface area contributed by atoms with E-state index in [0.29, 0.717) is 15.9 Å². The topological polar surface area (TPSA) is 246 Å². The van der Waals surface area contributed by atoms with Gasteiger partial charge in [-0.3, -0.25) is 48.5 Å². The van der Waals surface area contributed by atoms with Crippen molar-refractivity contribution >= 4 is 51.7 Å². The van der Waals surface area contributed by atoms with Crippen molar-refractivity contribution in [2.45, 2.75) is 69.7 Å². The van der Waals surface area contributed by atoms with Gasteiger partial charge < -0.3 is 30.6 Å². The Labute approximate surface area is 254 Å². The number of fused-ring (bicyclic) bond motifs is 2. The van der Waals surface area contributed by atoms with Gasteiger partial charge in [0, 0.05) is 63.0 Å². The second-order valence-corrected chi connectivity index (χ2v) is 11.0. The lowest BCUT2D eigenvalue weighted by atomic mass is 10.1. The van der Waals surface area contributed by atoms with Crippen molar-refractivity contribution in [3.05, 3.63) is 28.0 Å². The van der Waals surface area contributed by atoms with Crippen molar-refractivity contribution < 1.29 is 59.4 Å². The van der Waals surface area contributed by atoms with Gasteiger partial charge in [-0.05, 0) is 31.4 Å². The average Bonchev–Trinajstić information content (AvgIpc) is 2.87. The van der Waals surface area contributed by atoms with Crippen LogP contribution in [0.4, 0.5) is 0 Å². The molecule has 3 atom stereocenters. The summed E-state index contributed by atoms with van der Waals surface area (Å²) < 4.78 is 0.556. The molecule has 0 saturated carbocycles. The fourth-order valence-electron chi connectivity index (χ4n) is 4.98. The van der Waals surface area contributed by atoms with Gasteiger partial charge in [0.2, 0.25) is 0 Å². The highest BCUT2D eigenvalue weighted by atomic mass is 79.9.